The molecule has 0 aliphatic heterocycles. The molecule has 0 saturated heterocycles. The molecule has 1 unspecified atom stereocenters. The molecule has 6 heteroatoms. The highest BCUT2D eigenvalue weighted by Gasteiger charge is 2.26. The summed E-state index contributed by atoms with van der Waals surface area (Å²) in [7, 11) is 1.56. The molecule has 0 aliphatic carbocycles. The second-order valence-corrected chi connectivity index (χ2v) is 5.65. The van der Waals surface area contributed by atoms with Gasteiger partial charge in [-0.25, -0.2) is 4.79 Å². The fourth-order valence-electron chi connectivity index (χ4n) is 1.36. The summed E-state index contributed by atoms with van der Waals surface area (Å²) in [5.41, 5.74) is -0.585. The lowest BCUT2D eigenvalue weighted by Gasteiger charge is -2.25. The van der Waals surface area contributed by atoms with Crippen molar-refractivity contribution in [3.63, 3.8) is 0 Å². The van der Waals surface area contributed by atoms with Gasteiger partial charge in [0.2, 0.25) is 5.91 Å². The number of alkyl carbamates (subject to hydrolysis) is 1. The van der Waals surface area contributed by atoms with Crippen LogP contribution in [0.2, 0.25) is 0 Å². The van der Waals surface area contributed by atoms with Crippen molar-refractivity contribution in [2.45, 2.75) is 46.3 Å². The monoisotopic (exact) mass is 274 g/mol. The molecular formula is C13H26N2O4. The number of amides is 2. The van der Waals surface area contributed by atoms with Crippen LogP contribution in [0.1, 0.15) is 34.6 Å². The van der Waals surface area contributed by atoms with E-state index in [-0.39, 0.29) is 11.8 Å². The predicted molar refractivity (Wildman–Crippen MR) is 72.9 cm³/mol. The summed E-state index contributed by atoms with van der Waals surface area (Å²) in [4.78, 5) is 23.6. The van der Waals surface area contributed by atoms with E-state index >= 15 is 0 Å². The molecule has 112 valence electrons. The second kappa shape index (κ2) is 7.99. The normalized spacial score (nSPS) is 13.0. The third-order valence-electron chi connectivity index (χ3n) is 2.23. The van der Waals surface area contributed by atoms with Gasteiger partial charge >= 0.3 is 6.09 Å². The second-order valence-electron chi connectivity index (χ2n) is 5.65. The van der Waals surface area contributed by atoms with E-state index < -0.39 is 17.7 Å². The van der Waals surface area contributed by atoms with Crippen LogP contribution in [-0.4, -0.2) is 43.9 Å². The summed E-state index contributed by atoms with van der Waals surface area (Å²) in [5.74, 6) is -0.270. The lowest BCUT2D eigenvalue weighted by atomic mass is 10.0. The van der Waals surface area contributed by atoms with Crippen LogP contribution in [0.25, 0.3) is 0 Å². The van der Waals surface area contributed by atoms with Crippen LogP contribution in [0.3, 0.4) is 0 Å². The molecule has 0 aromatic rings. The highest BCUT2D eigenvalue weighted by molar-refractivity contribution is 5.85. The molecule has 0 aliphatic rings. The molecule has 6 nitrogen and oxygen atoms in total. The Balaban J connectivity index is 4.40. The third kappa shape index (κ3) is 8.42. The number of carbonyl (C=O) groups is 2. The van der Waals surface area contributed by atoms with Gasteiger partial charge in [-0.15, -0.1) is 0 Å². The molecule has 19 heavy (non-hydrogen) atoms. The summed E-state index contributed by atoms with van der Waals surface area (Å²) < 4.78 is 9.99. The van der Waals surface area contributed by atoms with Gasteiger partial charge in [-0.1, -0.05) is 13.8 Å². The van der Waals surface area contributed by atoms with Crippen LogP contribution < -0.4 is 10.6 Å². The first-order valence-electron chi connectivity index (χ1n) is 6.43. The van der Waals surface area contributed by atoms with E-state index in [1.54, 1.807) is 27.9 Å². The summed E-state index contributed by atoms with van der Waals surface area (Å²) in [6, 6.07) is -0.619. The van der Waals surface area contributed by atoms with Crippen LogP contribution in [0.5, 0.6) is 0 Å². The maximum atomic E-state index is 11.9. The maximum absolute atomic E-state index is 11.9. The number of ether oxygens (including phenoxy) is 2. The Labute approximate surface area is 115 Å². The Morgan fingerprint density at radius 2 is 1.79 bits per heavy atom. The Morgan fingerprint density at radius 3 is 2.21 bits per heavy atom. The first-order valence-corrected chi connectivity index (χ1v) is 6.43. The van der Waals surface area contributed by atoms with Crippen molar-refractivity contribution in [2.24, 2.45) is 5.92 Å². The van der Waals surface area contributed by atoms with E-state index in [9.17, 15) is 9.59 Å². The molecule has 2 N–H and O–H groups in total. The van der Waals surface area contributed by atoms with Crippen LogP contribution in [0, 0.1) is 5.92 Å². The van der Waals surface area contributed by atoms with Crippen molar-refractivity contribution in [3.8, 4) is 0 Å². The van der Waals surface area contributed by atoms with Gasteiger partial charge in [-0.05, 0) is 26.7 Å². The lowest BCUT2D eigenvalue weighted by Crippen LogP contribution is -2.51. The molecule has 2 amide bonds. The number of hydrogen-bond acceptors (Lipinski definition) is 4. The first kappa shape index (κ1) is 17.7. The van der Waals surface area contributed by atoms with E-state index in [1.807, 2.05) is 13.8 Å². The van der Waals surface area contributed by atoms with E-state index in [0.717, 1.165) is 0 Å². The molecule has 0 rings (SSSR count). The van der Waals surface area contributed by atoms with Crippen molar-refractivity contribution in [2.75, 3.05) is 20.3 Å². The van der Waals surface area contributed by atoms with Crippen molar-refractivity contribution >= 4 is 12.0 Å². The van der Waals surface area contributed by atoms with E-state index in [2.05, 4.69) is 10.6 Å². The SMILES string of the molecule is COCCNC(=O)C(NC(=O)OC(C)(C)C)C(C)C. The largest absolute Gasteiger partial charge is 0.444 e. The van der Waals surface area contributed by atoms with Crippen LogP contribution >= 0.6 is 0 Å². The minimum Gasteiger partial charge on any atom is -0.444 e. The van der Waals surface area contributed by atoms with Crippen molar-refractivity contribution in [1.82, 2.24) is 10.6 Å². The Bertz CT molecular complexity index is 298. The highest BCUT2D eigenvalue weighted by Crippen LogP contribution is 2.08. The molecule has 0 radical (unpaired) electrons. The standard InChI is InChI=1S/C13H26N2O4/c1-9(2)10(11(16)14-7-8-18-6)15-12(17)19-13(3,4)5/h9-10H,7-8H2,1-6H3,(H,14,16)(H,15,17). The molecule has 1 atom stereocenters. The summed E-state index contributed by atoms with van der Waals surface area (Å²) >= 11 is 0. The number of rotatable bonds is 6. The number of carbonyl (C=O) groups excluding carboxylic acids is 2. The summed E-state index contributed by atoms with van der Waals surface area (Å²) in [6.45, 7) is 9.88. The summed E-state index contributed by atoms with van der Waals surface area (Å²) in [5, 5.41) is 5.28. The molecule has 0 saturated carbocycles. The Morgan fingerprint density at radius 1 is 1.21 bits per heavy atom. The maximum Gasteiger partial charge on any atom is 0.408 e. The molecule has 0 spiro atoms. The first-order chi connectivity index (χ1) is 8.67. The summed E-state index contributed by atoms with van der Waals surface area (Å²) in [6.07, 6.45) is -0.590. The zero-order valence-corrected chi connectivity index (χ0v) is 12.7. The Kier molecular flexibility index (Phi) is 7.44. The smallest absolute Gasteiger partial charge is 0.408 e. The molecule has 0 aromatic carbocycles. The lowest BCUT2D eigenvalue weighted by molar-refractivity contribution is -0.124. The van der Waals surface area contributed by atoms with E-state index in [0.29, 0.717) is 13.2 Å². The van der Waals surface area contributed by atoms with Crippen LogP contribution in [0.15, 0.2) is 0 Å². The molecule has 0 aromatic heterocycles. The van der Waals surface area contributed by atoms with Crippen molar-refractivity contribution < 1.29 is 19.1 Å². The van der Waals surface area contributed by atoms with Gasteiger partial charge in [-0.3, -0.25) is 4.79 Å². The minimum atomic E-state index is -0.619. The van der Waals surface area contributed by atoms with Gasteiger partial charge in [-0.2, -0.15) is 0 Å². The van der Waals surface area contributed by atoms with Gasteiger partial charge in [0.25, 0.3) is 0 Å². The zero-order chi connectivity index (χ0) is 15.1. The van der Waals surface area contributed by atoms with Crippen molar-refractivity contribution in [1.29, 1.82) is 0 Å². The highest BCUT2D eigenvalue weighted by atomic mass is 16.6. The predicted octanol–water partition coefficient (Wildman–Crippen LogP) is 1.30. The van der Waals surface area contributed by atoms with Crippen LogP contribution in [0.4, 0.5) is 4.79 Å². The molecule has 0 fully saturated rings. The van der Waals surface area contributed by atoms with Gasteiger partial charge in [0.1, 0.15) is 11.6 Å². The van der Waals surface area contributed by atoms with E-state index in [4.69, 9.17) is 9.47 Å². The average molecular weight is 274 g/mol. The van der Waals surface area contributed by atoms with Gasteiger partial charge < -0.3 is 20.1 Å². The number of methoxy groups -OCH3 is 1. The zero-order valence-electron chi connectivity index (χ0n) is 12.7. The van der Waals surface area contributed by atoms with Crippen LogP contribution in [-0.2, 0) is 14.3 Å². The Hall–Kier alpha value is -1.30. The fourth-order valence-corrected chi connectivity index (χ4v) is 1.36. The third-order valence-corrected chi connectivity index (χ3v) is 2.23. The van der Waals surface area contributed by atoms with Gasteiger partial charge in [0.15, 0.2) is 0 Å². The van der Waals surface area contributed by atoms with Gasteiger partial charge in [0.05, 0.1) is 6.61 Å². The van der Waals surface area contributed by atoms with Gasteiger partial charge in [0, 0.05) is 13.7 Å². The fraction of sp³-hybridized carbons (Fsp3) is 0.846. The average Bonchev–Trinajstić information content (AvgIpc) is 2.23. The molecular weight excluding hydrogens is 248 g/mol. The number of nitrogens with one attached hydrogen (secondary N) is 2. The van der Waals surface area contributed by atoms with Crippen molar-refractivity contribution in [3.05, 3.63) is 0 Å². The topological polar surface area (TPSA) is 76.7 Å². The van der Waals surface area contributed by atoms with E-state index in [1.165, 1.54) is 0 Å². The quantitative estimate of drug-likeness (QED) is 0.716. The molecule has 0 bridgehead atoms. The number of hydrogen-bond donors (Lipinski definition) is 2. The minimum absolute atomic E-state index is 0.0323. The molecule has 0 heterocycles.